The highest BCUT2D eigenvalue weighted by Gasteiger charge is 2.27. The van der Waals surface area contributed by atoms with Crippen LogP contribution in [0.1, 0.15) is 12.0 Å². The van der Waals surface area contributed by atoms with Gasteiger partial charge in [0.05, 0.1) is 19.8 Å². The standard InChI is InChI=1S/C15H21NO4/c17-8-9-19-11-14-6-7-16(10-14)15(18)20-12-13-4-2-1-3-5-13/h1-5,14,17H,6-12H2/t14-/m0/s1. The van der Waals surface area contributed by atoms with Crippen molar-refractivity contribution in [2.45, 2.75) is 13.0 Å². The van der Waals surface area contributed by atoms with E-state index in [9.17, 15) is 4.79 Å². The number of hydrogen-bond acceptors (Lipinski definition) is 4. The Morgan fingerprint density at radius 2 is 2.15 bits per heavy atom. The van der Waals surface area contributed by atoms with E-state index in [1.54, 1.807) is 4.90 Å². The Balaban J connectivity index is 1.69. The number of aliphatic hydroxyl groups is 1. The molecule has 1 fully saturated rings. The molecule has 0 aliphatic carbocycles. The molecule has 20 heavy (non-hydrogen) atoms. The van der Waals surface area contributed by atoms with E-state index in [2.05, 4.69) is 0 Å². The van der Waals surface area contributed by atoms with E-state index in [1.165, 1.54) is 0 Å². The molecular weight excluding hydrogens is 258 g/mol. The maximum atomic E-state index is 11.9. The van der Waals surface area contributed by atoms with Gasteiger partial charge in [-0.2, -0.15) is 0 Å². The lowest BCUT2D eigenvalue weighted by molar-refractivity contribution is 0.0666. The molecule has 1 N–H and O–H groups in total. The maximum Gasteiger partial charge on any atom is 0.410 e. The van der Waals surface area contributed by atoms with Gasteiger partial charge in [-0.25, -0.2) is 4.79 Å². The molecule has 1 heterocycles. The van der Waals surface area contributed by atoms with Crippen LogP contribution in [0.25, 0.3) is 0 Å². The van der Waals surface area contributed by atoms with Crippen LogP contribution in [0.4, 0.5) is 4.79 Å². The molecule has 1 aromatic rings. The Morgan fingerprint density at radius 3 is 2.90 bits per heavy atom. The third-order valence-electron chi connectivity index (χ3n) is 3.34. The molecule has 110 valence electrons. The van der Waals surface area contributed by atoms with Gasteiger partial charge in [0.15, 0.2) is 0 Å². The first kappa shape index (κ1) is 14.8. The highest BCUT2D eigenvalue weighted by molar-refractivity contribution is 5.68. The molecule has 0 radical (unpaired) electrons. The monoisotopic (exact) mass is 279 g/mol. The molecule has 1 aliphatic heterocycles. The third kappa shape index (κ3) is 4.51. The Kier molecular flexibility index (Phi) is 5.83. The highest BCUT2D eigenvalue weighted by Crippen LogP contribution is 2.17. The first-order valence-corrected chi connectivity index (χ1v) is 6.94. The highest BCUT2D eigenvalue weighted by atomic mass is 16.6. The van der Waals surface area contributed by atoms with Crippen molar-refractivity contribution in [3.63, 3.8) is 0 Å². The fourth-order valence-corrected chi connectivity index (χ4v) is 2.26. The van der Waals surface area contributed by atoms with Gasteiger partial charge in [-0.3, -0.25) is 0 Å². The largest absolute Gasteiger partial charge is 0.445 e. The lowest BCUT2D eigenvalue weighted by atomic mass is 10.1. The number of ether oxygens (including phenoxy) is 2. The lowest BCUT2D eigenvalue weighted by Gasteiger charge is -2.16. The second kappa shape index (κ2) is 7.87. The Bertz CT molecular complexity index is 410. The summed E-state index contributed by atoms with van der Waals surface area (Å²) in [5, 5.41) is 8.65. The SMILES string of the molecule is O=C(OCc1ccccc1)N1CC[C@H](COCCO)C1. The molecule has 0 bridgehead atoms. The van der Waals surface area contributed by atoms with E-state index in [0.29, 0.717) is 38.8 Å². The molecule has 1 saturated heterocycles. The average Bonchev–Trinajstić information content (AvgIpc) is 2.95. The van der Waals surface area contributed by atoms with Gasteiger partial charge in [0.1, 0.15) is 6.61 Å². The topological polar surface area (TPSA) is 59.0 Å². The predicted octanol–water partition coefficient (Wildman–Crippen LogP) is 1.65. The zero-order valence-corrected chi connectivity index (χ0v) is 11.5. The van der Waals surface area contributed by atoms with Gasteiger partial charge in [0, 0.05) is 19.0 Å². The summed E-state index contributed by atoms with van der Waals surface area (Å²) in [6.07, 6.45) is 0.657. The molecule has 1 atom stereocenters. The second-order valence-electron chi connectivity index (χ2n) is 4.94. The Morgan fingerprint density at radius 1 is 1.35 bits per heavy atom. The molecule has 0 spiro atoms. The Hall–Kier alpha value is -1.59. The third-order valence-corrected chi connectivity index (χ3v) is 3.34. The van der Waals surface area contributed by atoms with Crippen LogP contribution >= 0.6 is 0 Å². The number of rotatable bonds is 6. The van der Waals surface area contributed by atoms with E-state index < -0.39 is 0 Å². The first-order valence-electron chi connectivity index (χ1n) is 6.94. The van der Waals surface area contributed by atoms with Crippen molar-refractivity contribution < 1.29 is 19.4 Å². The number of amides is 1. The zero-order valence-electron chi connectivity index (χ0n) is 11.5. The number of carbonyl (C=O) groups excluding carboxylic acids is 1. The average molecular weight is 279 g/mol. The van der Waals surface area contributed by atoms with Crippen LogP contribution in [0, 0.1) is 5.92 Å². The minimum atomic E-state index is -0.265. The lowest BCUT2D eigenvalue weighted by Crippen LogP contribution is -2.29. The van der Waals surface area contributed by atoms with Crippen LogP contribution in [0.15, 0.2) is 30.3 Å². The van der Waals surface area contributed by atoms with Crippen molar-refractivity contribution >= 4 is 6.09 Å². The molecule has 1 aliphatic rings. The van der Waals surface area contributed by atoms with Gasteiger partial charge in [-0.15, -0.1) is 0 Å². The van der Waals surface area contributed by atoms with Crippen LogP contribution in [0.2, 0.25) is 0 Å². The van der Waals surface area contributed by atoms with Gasteiger partial charge in [0.2, 0.25) is 0 Å². The maximum absolute atomic E-state index is 11.9. The van der Waals surface area contributed by atoms with Gasteiger partial charge < -0.3 is 19.5 Å². The van der Waals surface area contributed by atoms with Crippen molar-refractivity contribution in [1.82, 2.24) is 4.90 Å². The number of benzene rings is 1. The van der Waals surface area contributed by atoms with Gasteiger partial charge in [0.25, 0.3) is 0 Å². The number of nitrogens with zero attached hydrogens (tertiary/aromatic N) is 1. The predicted molar refractivity (Wildman–Crippen MR) is 74.2 cm³/mol. The van der Waals surface area contributed by atoms with Gasteiger partial charge >= 0.3 is 6.09 Å². The number of carbonyl (C=O) groups is 1. The molecule has 5 nitrogen and oxygen atoms in total. The normalized spacial score (nSPS) is 18.2. The van der Waals surface area contributed by atoms with Crippen molar-refractivity contribution in [2.75, 3.05) is 32.9 Å². The van der Waals surface area contributed by atoms with Crippen molar-refractivity contribution in [3.8, 4) is 0 Å². The minimum absolute atomic E-state index is 0.0373. The summed E-state index contributed by atoms with van der Waals surface area (Å²) in [7, 11) is 0. The molecule has 2 rings (SSSR count). The van der Waals surface area contributed by atoms with E-state index in [-0.39, 0.29) is 12.7 Å². The molecule has 1 amide bonds. The van der Waals surface area contributed by atoms with Crippen LogP contribution in [-0.2, 0) is 16.1 Å². The van der Waals surface area contributed by atoms with Crippen molar-refractivity contribution in [1.29, 1.82) is 0 Å². The molecule has 0 aromatic heterocycles. The fraction of sp³-hybridized carbons (Fsp3) is 0.533. The smallest absolute Gasteiger partial charge is 0.410 e. The number of aliphatic hydroxyl groups excluding tert-OH is 1. The first-order chi connectivity index (χ1) is 9.79. The molecule has 0 saturated carbocycles. The number of likely N-dealkylation sites (tertiary alicyclic amines) is 1. The summed E-state index contributed by atoms with van der Waals surface area (Å²) in [5.74, 6) is 0.339. The van der Waals surface area contributed by atoms with Gasteiger partial charge in [-0.1, -0.05) is 30.3 Å². The van der Waals surface area contributed by atoms with E-state index in [0.717, 1.165) is 12.0 Å². The summed E-state index contributed by atoms with van der Waals surface area (Å²) in [4.78, 5) is 13.6. The number of hydrogen-bond donors (Lipinski definition) is 1. The summed E-state index contributed by atoms with van der Waals surface area (Å²) >= 11 is 0. The van der Waals surface area contributed by atoms with E-state index in [1.807, 2.05) is 30.3 Å². The Labute approximate surface area is 119 Å². The molecular formula is C15H21NO4. The van der Waals surface area contributed by atoms with Crippen LogP contribution < -0.4 is 0 Å². The molecule has 1 aromatic carbocycles. The van der Waals surface area contributed by atoms with E-state index in [4.69, 9.17) is 14.6 Å². The fourth-order valence-electron chi connectivity index (χ4n) is 2.26. The minimum Gasteiger partial charge on any atom is -0.445 e. The summed E-state index contributed by atoms with van der Waals surface area (Å²) in [5.41, 5.74) is 0.989. The molecule has 0 unspecified atom stereocenters. The zero-order chi connectivity index (χ0) is 14.2. The molecule has 5 heteroatoms. The van der Waals surface area contributed by atoms with Crippen molar-refractivity contribution in [2.24, 2.45) is 5.92 Å². The summed E-state index contributed by atoms with van der Waals surface area (Å²) in [6.45, 7) is 2.66. The van der Waals surface area contributed by atoms with Crippen LogP contribution in [-0.4, -0.2) is 49.0 Å². The van der Waals surface area contributed by atoms with Crippen LogP contribution in [0.5, 0.6) is 0 Å². The summed E-state index contributed by atoms with van der Waals surface area (Å²) < 4.78 is 10.6. The van der Waals surface area contributed by atoms with E-state index >= 15 is 0 Å². The van der Waals surface area contributed by atoms with Crippen LogP contribution in [0.3, 0.4) is 0 Å². The second-order valence-corrected chi connectivity index (χ2v) is 4.94. The quantitative estimate of drug-likeness (QED) is 0.804. The van der Waals surface area contributed by atoms with Gasteiger partial charge in [-0.05, 0) is 12.0 Å². The van der Waals surface area contributed by atoms with Crippen molar-refractivity contribution in [3.05, 3.63) is 35.9 Å². The summed E-state index contributed by atoms with van der Waals surface area (Å²) in [6, 6.07) is 9.65.